The molecule has 0 aliphatic heterocycles. The molecule has 1 N–H and O–H groups in total. The molecule has 0 atom stereocenters. The number of hydrogen-bond donors (Lipinski definition) is 1. The maximum absolute atomic E-state index is 11.1. The second-order valence-corrected chi connectivity index (χ2v) is 5.61. The minimum absolute atomic E-state index is 0.0915. The van der Waals surface area contributed by atoms with Crippen molar-refractivity contribution in [1.82, 2.24) is 10.2 Å². The van der Waals surface area contributed by atoms with Gasteiger partial charge in [-0.15, -0.1) is 21.8 Å². The van der Waals surface area contributed by atoms with Gasteiger partial charge in [0.2, 0.25) is 11.0 Å². The van der Waals surface area contributed by atoms with E-state index in [4.69, 9.17) is 16.3 Å². The number of halogens is 1. The van der Waals surface area contributed by atoms with Gasteiger partial charge in [0.25, 0.3) is 0 Å². The Morgan fingerprint density at radius 1 is 1.33 bits per heavy atom. The van der Waals surface area contributed by atoms with Crippen molar-refractivity contribution in [1.29, 1.82) is 0 Å². The summed E-state index contributed by atoms with van der Waals surface area (Å²) >= 11 is 6.73. The molecular formula is C14H16ClN3O2S. The van der Waals surface area contributed by atoms with E-state index in [1.165, 1.54) is 16.9 Å². The van der Waals surface area contributed by atoms with Gasteiger partial charge < -0.3 is 4.74 Å². The van der Waals surface area contributed by atoms with Crippen LogP contribution in [0.5, 0.6) is 5.75 Å². The Hall–Kier alpha value is -1.66. The maximum atomic E-state index is 11.1. The van der Waals surface area contributed by atoms with Gasteiger partial charge in [-0.3, -0.25) is 10.1 Å². The topological polar surface area (TPSA) is 64.1 Å². The summed E-state index contributed by atoms with van der Waals surface area (Å²) in [7, 11) is 0. The lowest BCUT2D eigenvalue weighted by Gasteiger charge is -2.05. The van der Waals surface area contributed by atoms with Gasteiger partial charge in [0.15, 0.2) is 0 Å². The molecule has 1 aromatic carbocycles. The number of aromatic nitrogens is 2. The molecule has 0 bridgehead atoms. The molecule has 0 radical (unpaired) electrons. The molecule has 1 amide bonds. The maximum Gasteiger partial charge on any atom is 0.241 e. The quantitative estimate of drug-likeness (QED) is 0.795. The van der Waals surface area contributed by atoms with Crippen LogP contribution in [-0.4, -0.2) is 28.6 Å². The normalized spacial score (nSPS) is 10.4. The van der Waals surface area contributed by atoms with Crippen molar-refractivity contribution in [3.63, 3.8) is 0 Å². The number of amides is 1. The molecule has 0 unspecified atom stereocenters. The fourth-order valence-corrected chi connectivity index (χ4v) is 2.44. The van der Waals surface area contributed by atoms with Crippen LogP contribution < -0.4 is 10.1 Å². The van der Waals surface area contributed by atoms with Crippen LogP contribution in [0.4, 0.5) is 5.13 Å². The van der Waals surface area contributed by atoms with Gasteiger partial charge in [0.1, 0.15) is 16.6 Å². The Morgan fingerprint density at radius 2 is 2.10 bits per heavy atom. The second kappa shape index (κ2) is 7.95. The van der Waals surface area contributed by atoms with Crippen LogP contribution >= 0.6 is 22.9 Å². The van der Waals surface area contributed by atoms with Crippen molar-refractivity contribution in [3.05, 3.63) is 34.8 Å². The van der Waals surface area contributed by atoms with Gasteiger partial charge in [0, 0.05) is 6.42 Å². The van der Waals surface area contributed by atoms with Crippen molar-refractivity contribution in [3.8, 4) is 5.75 Å². The first kappa shape index (κ1) is 15.7. The Bertz CT molecular complexity index is 586. The SMILES string of the molecule is CCc1ccc(OCCc2nnc(NC(=O)CCl)s2)cc1. The highest BCUT2D eigenvalue weighted by Crippen LogP contribution is 2.17. The highest BCUT2D eigenvalue weighted by Gasteiger charge is 2.07. The van der Waals surface area contributed by atoms with Crippen molar-refractivity contribution in [2.24, 2.45) is 0 Å². The van der Waals surface area contributed by atoms with E-state index in [0.717, 1.165) is 17.2 Å². The lowest BCUT2D eigenvalue weighted by atomic mass is 10.2. The highest BCUT2D eigenvalue weighted by atomic mass is 35.5. The first-order chi connectivity index (χ1) is 10.2. The molecular weight excluding hydrogens is 310 g/mol. The summed E-state index contributed by atoms with van der Waals surface area (Å²) in [6, 6.07) is 8.04. The van der Waals surface area contributed by atoms with Crippen LogP contribution in [0.3, 0.4) is 0 Å². The van der Waals surface area contributed by atoms with Crippen molar-refractivity contribution < 1.29 is 9.53 Å². The van der Waals surface area contributed by atoms with Crippen LogP contribution in [0.25, 0.3) is 0 Å². The van der Waals surface area contributed by atoms with Crippen LogP contribution in [0.15, 0.2) is 24.3 Å². The molecule has 0 saturated heterocycles. The van der Waals surface area contributed by atoms with Gasteiger partial charge in [0.05, 0.1) is 6.61 Å². The lowest BCUT2D eigenvalue weighted by molar-refractivity contribution is -0.113. The number of rotatable bonds is 7. The number of carbonyl (C=O) groups excluding carboxylic acids is 1. The molecule has 0 aliphatic rings. The third-order valence-electron chi connectivity index (χ3n) is 2.75. The average molecular weight is 326 g/mol. The number of hydrogen-bond acceptors (Lipinski definition) is 5. The van der Waals surface area contributed by atoms with Gasteiger partial charge in [-0.05, 0) is 24.1 Å². The molecule has 2 aromatic rings. The van der Waals surface area contributed by atoms with E-state index < -0.39 is 0 Å². The summed E-state index contributed by atoms with van der Waals surface area (Å²) < 4.78 is 5.65. The Morgan fingerprint density at radius 3 is 2.76 bits per heavy atom. The minimum atomic E-state index is -0.286. The van der Waals surface area contributed by atoms with E-state index in [9.17, 15) is 4.79 Å². The number of aryl methyl sites for hydroxylation is 1. The predicted octanol–water partition coefficient (Wildman–Crippen LogP) is 2.90. The van der Waals surface area contributed by atoms with Gasteiger partial charge in [-0.25, -0.2) is 0 Å². The number of anilines is 1. The second-order valence-electron chi connectivity index (χ2n) is 4.28. The van der Waals surface area contributed by atoms with Gasteiger partial charge in [-0.1, -0.05) is 30.4 Å². The van der Waals surface area contributed by atoms with E-state index in [-0.39, 0.29) is 11.8 Å². The van der Waals surface area contributed by atoms with Crippen LogP contribution in [0, 0.1) is 0 Å². The first-order valence-corrected chi connectivity index (χ1v) is 7.96. The van der Waals surface area contributed by atoms with Crippen molar-refractivity contribution in [2.75, 3.05) is 17.8 Å². The standard InChI is InChI=1S/C14H16ClN3O2S/c1-2-10-3-5-11(6-4-10)20-8-7-13-17-18-14(21-13)16-12(19)9-15/h3-6H,2,7-9H2,1H3,(H,16,18,19). The third-order valence-corrected chi connectivity index (χ3v) is 3.89. The number of nitrogens with one attached hydrogen (secondary N) is 1. The number of alkyl halides is 1. The summed E-state index contributed by atoms with van der Waals surface area (Å²) in [6.07, 6.45) is 1.66. The lowest BCUT2D eigenvalue weighted by Crippen LogP contribution is -2.12. The smallest absolute Gasteiger partial charge is 0.241 e. The Kier molecular flexibility index (Phi) is 5.95. The molecule has 2 rings (SSSR count). The fraction of sp³-hybridized carbons (Fsp3) is 0.357. The van der Waals surface area contributed by atoms with E-state index in [2.05, 4.69) is 34.6 Å². The monoisotopic (exact) mass is 325 g/mol. The number of ether oxygens (including phenoxy) is 1. The molecule has 0 spiro atoms. The zero-order chi connectivity index (χ0) is 15.1. The van der Waals surface area contributed by atoms with Crippen LogP contribution in [0.1, 0.15) is 17.5 Å². The number of benzene rings is 1. The zero-order valence-electron chi connectivity index (χ0n) is 11.6. The molecule has 0 aliphatic carbocycles. The van der Waals surface area contributed by atoms with Crippen molar-refractivity contribution >= 4 is 34.0 Å². The summed E-state index contributed by atoms with van der Waals surface area (Å²) in [5, 5.41) is 11.7. The van der Waals surface area contributed by atoms with E-state index in [1.807, 2.05) is 12.1 Å². The molecule has 21 heavy (non-hydrogen) atoms. The van der Waals surface area contributed by atoms with Crippen molar-refractivity contribution in [2.45, 2.75) is 19.8 Å². The first-order valence-electron chi connectivity index (χ1n) is 6.61. The van der Waals surface area contributed by atoms with E-state index in [0.29, 0.717) is 18.2 Å². The Labute approximate surface area is 132 Å². The molecule has 1 heterocycles. The molecule has 112 valence electrons. The molecule has 1 aromatic heterocycles. The van der Waals surface area contributed by atoms with E-state index in [1.54, 1.807) is 0 Å². The number of nitrogens with zero attached hydrogens (tertiary/aromatic N) is 2. The van der Waals surface area contributed by atoms with E-state index >= 15 is 0 Å². The van der Waals surface area contributed by atoms with Gasteiger partial charge >= 0.3 is 0 Å². The summed E-state index contributed by atoms with van der Waals surface area (Å²) in [4.78, 5) is 11.1. The molecule has 7 heteroatoms. The fourth-order valence-electron chi connectivity index (χ4n) is 1.64. The number of carbonyl (C=O) groups is 1. The molecule has 0 fully saturated rings. The Balaban J connectivity index is 1.79. The highest BCUT2D eigenvalue weighted by molar-refractivity contribution is 7.15. The summed E-state index contributed by atoms with van der Waals surface area (Å²) in [6.45, 7) is 2.63. The van der Waals surface area contributed by atoms with Gasteiger partial charge in [-0.2, -0.15) is 0 Å². The average Bonchev–Trinajstić information content (AvgIpc) is 2.95. The zero-order valence-corrected chi connectivity index (χ0v) is 13.2. The van der Waals surface area contributed by atoms with Crippen LogP contribution in [0.2, 0.25) is 0 Å². The predicted molar refractivity (Wildman–Crippen MR) is 84.3 cm³/mol. The summed E-state index contributed by atoms with van der Waals surface area (Å²) in [5.41, 5.74) is 1.28. The minimum Gasteiger partial charge on any atom is -0.493 e. The summed E-state index contributed by atoms with van der Waals surface area (Å²) in [5.74, 6) is 0.463. The molecule has 0 saturated carbocycles. The molecule has 5 nitrogen and oxygen atoms in total. The third kappa shape index (κ3) is 4.99. The van der Waals surface area contributed by atoms with Crippen LogP contribution in [-0.2, 0) is 17.6 Å². The largest absolute Gasteiger partial charge is 0.493 e.